The number of anilines is 2. The predicted molar refractivity (Wildman–Crippen MR) is 158 cm³/mol. The van der Waals surface area contributed by atoms with Crippen molar-refractivity contribution in [3.63, 3.8) is 0 Å². The van der Waals surface area contributed by atoms with Gasteiger partial charge in [-0.1, -0.05) is 53.8 Å². The van der Waals surface area contributed by atoms with Crippen LogP contribution in [-0.2, 0) is 9.53 Å². The Bertz CT molecular complexity index is 1540. The van der Waals surface area contributed by atoms with Gasteiger partial charge in [0, 0.05) is 56.0 Å². The number of carbonyl (C=O) groups is 2. The molecule has 210 valence electrons. The van der Waals surface area contributed by atoms with E-state index in [0.717, 1.165) is 47.2 Å². The Hall–Kier alpha value is -4.22. The van der Waals surface area contributed by atoms with Crippen LogP contribution in [0.25, 0.3) is 22.0 Å². The van der Waals surface area contributed by atoms with E-state index in [-0.39, 0.29) is 24.1 Å². The molecule has 0 spiro atoms. The van der Waals surface area contributed by atoms with E-state index in [4.69, 9.17) is 9.72 Å². The number of carbonyl (C=O) groups excluding carboxylic acids is 2. The van der Waals surface area contributed by atoms with Crippen molar-refractivity contribution >= 4 is 34.7 Å². The Morgan fingerprint density at radius 3 is 2.59 bits per heavy atom. The topological polar surface area (TPSA) is 113 Å². The van der Waals surface area contributed by atoms with Crippen LogP contribution in [-0.4, -0.2) is 76.3 Å². The second-order valence-electron chi connectivity index (χ2n) is 10.0. The number of rotatable bonds is 7. The highest BCUT2D eigenvalue weighted by Crippen LogP contribution is 2.36. The summed E-state index contributed by atoms with van der Waals surface area (Å²) in [4.78, 5) is 39.4. The number of ether oxygens (including phenoxy) is 1. The first-order valence-electron chi connectivity index (χ1n) is 13.9. The van der Waals surface area contributed by atoms with Crippen molar-refractivity contribution in [2.24, 2.45) is 0 Å². The molecule has 4 heterocycles. The maximum atomic E-state index is 13.7. The molecular weight excluding hydrogens is 538 g/mol. The lowest BCUT2D eigenvalue weighted by Crippen LogP contribution is -2.50. The fraction of sp³-hybridized carbons (Fsp3) is 0.333. The standard InChI is InChI=1S/C30H31N7O3S/c1-2-36-14-15-37(19-26(36)38)25-18-24(31-27(33-25)20-8-4-3-5-9-20)28(39)32-23-11-7-6-10-22(23)30-35-34-29(41-30)21-12-16-40-17-13-21/h3-11,18,21H,2,12-17,19H2,1H3,(H,32,39). The molecular formula is C30H31N7O3S. The van der Waals surface area contributed by atoms with E-state index >= 15 is 0 Å². The van der Waals surface area contributed by atoms with E-state index in [1.165, 1.54) is 0 Å². The summed E-state index contributed by atoms with van der Waals surface area (Å²) in [5, 5.41) is 13.7. The number of hydrogen-bond donors (Lipinski definition) is 1. The quantitative estimate of drug-likeness (QED) is 0.347. The summed E-state index contributed by atoms with van der Waals surface area (Å²) < 4.78 is 5.49. The molecule has 11 heteroatoms. The van der Waals surface area contributed by atoms with E-state index < -0.39 is 0 Å². The minimum Gasteiger partial charge on any atom is -0.381 e. The van der Waals surface area contributed by atoms with E-state index in [9.17, 15) is 9.59 Å². The average molecular weight is 570 g/mol. The third kappa shape index (κ3) is 5.96. The van der Waals surface area contributed by atoms with Gasteiger partial charge in [0.05, 0.1) is 12.2 Å². The normalized spacial score (nSPS) is 16.2. The lowest BCUT2D eigenvalue weighted by molar-refractivity contribution is -0.130. The van der Waals surface area contributed by atoms with Crippen molar-refractivity contribution < 1.29 is 14.3 Å². The van der Waals surface area contributed by atoms with Crippen LogP contribution in [0, 0.1) is 0 Å². The SMILES string of the molecule is CCN1CCN(c2cc(C(=O)Nc3ccccc3-c3nnc(C4CCOCC4)s3)nc(-c3ccccc3)n2)CC1=O. The van der Waals surface area contributed by atoms with Gasteiger partial charge >= 0.3 is 0 Å². The van der Waals surface area contributed by atoms with Gasteiger partial charge in [-0.2, -0.15) is 0 Å². The fourth-order valence-electron chi connectivity index (χ4n) is 5.09. The first kappa shape index (κ1) is 27.0. The molecule has 2 aromatic carbocycles. The van der Waals surface area contributed by atoms with Crippen LogP contribution < -0.4 is 10.2 Å². The van der Waals surface area contributed by atoms with Gasteiger partial charge < -0.3 is 19.9 Å². The molecule has 0 saturated carbocycles. The van der Waals surface area contributed by atoms with Gasteiger partial charge in [-0.25, -0.2) is 9.97 Å². The monoisotopic (exact) mass is 569 g/mol. The average Bonchev–Trinajstić information content (AvgIpc) is 3.52. The number of nitrogens with zero attached hydrogens (tertiary/aromatic N) is 6. The van der Waals surface area contributed by atoms with Gasteiger partial charge in [0.1, 0.15) is 21.5 Å². The number of nitrogens with one attached hydrogen (secondary N) is 1. The molecule has 10 nitrogen and oxygen atoms in total. The molecule has 2 amide bonds. The number of piperazine rings is 1. The maximum absolute atomic E-state index is 13.7. The highest BCUT2D eigenvalue weighted by atomic mass is 32.1. The molecule has 2 aliphatic heterocycles. The Morgan fingerprint density at radius 1 is 1.02 bits per heavy atom. The number of benzene rings is 2. The van der Waals surface area contributed by atoms with Crippen LogP contribution in [0.3, 0.4) is 0 Å². The van der Waals surface area contributed by atoms with Crippen molar-refractivity contribution in [3.8, 4) is 22.0 Å². The van der Waals surface area contributed by atoms with Crippen LogP contribution in [0.4, 0.5) is 11.5 Å². The minimum absolute atomic E-state index is 0.0377. The van der Waals surface area contributed by atoms with Crippen molar-refractivity contribution in [1.29, 1.82) is 0 Å². The summed E-state index contributed by atoms with van der Waals surface area (Å²) in [5.41, 5.74) is 2.43. The number of amides is 2. The first-order chi connectivity index (χ1) is 20.1. The summed E-state index contributed by atoms with van der Waals surface area (Å²) in [7, 11) is 0. The molecule has 2 aliphatic rings. The molecule has 0 unspecified atom stereocenters. The third-order valence-corrected chi connectivity index (χ3v) is 8.54. The molecule has 0 aliphatic carbocycles. The molecule has 0 radical (unpaired) electrons. The minimum atomic E-state index is -0.369. The van der Waals surface area contributed by atoms with Gasteiger partial charge in [-0.3, -0.25) is 9.59 Å². The Kier molecular flexibility index (Phi) is 7.97. The summed E-state index contributed by atoms with van der Waals surface area (Å²) in [6.07, 6.45) is 1.87. The molecule has 2 fully saturated rings. The number of hydrogen-bond acceptors (Lipinski definition) is 9. The molecule has 4 aromatic rings. The number of para-hydroxylation sites is 1. The van der Waals surface area contributed by atoms with Crippen LogP contribution in [0.2, 0.25) is 0 Å². The fourth-order valence-corrected chi connectivity index (χ4v) is 6.14. The van der Waals surface area contributed by atoms with E-state index in [1.54, 1.807) is 17.4 Å². The lowest BCUT2D eigenvalue weighted by atomic mass is 10.0. The molecule has 2 saturated heterocycles. The Morgan fingerprint density at radius 2 is 1.80 bits per heavy atom. The predicted octanol–water partition coefficient (Wildman–Crippen LogP) is 4.48. The maximum Gasteiger partial charge on any atom is 0.274 e. The molecule has 0 bridgehead atoms. The van der Waals surface area contributed by atoms with E-state index in [0.29, 0.717) is 42.9 Å². The summed E-state index contributed by atoms with van der Waals surface area (Å²) in [5.74, 6) is 0.990. The van der Waals surface area contributed by atoms with Gasteiger partial charge in [0.2, 0.25) is 5.91 Å². The van der Waals surface area contributed by atoms with Gasteiger partial charge in [0.15, 0.2) is 5.82 Å². The Balaban J connectivity index is 1.29. The van der Waals surface area contributed by atoms with Crippen LogP contribution >= 0.6 is 11.3 Å². The van der Waals surface area contributed by atoms with Crippen LogP contribution in [0.1, 0.15) is 41.2 Å². The molecule has 41 heavy (non-hydrogen) atoms. The highest BCUT2D eigenvalue weighted by Gasteiger charge is 2.26. The van der Waals surface area contributed by atoms with Gasteiger partial charge in [0.25, 0.3) is 5.91 Å². The van der Waals surface area contributed by atoms with Crippen molar-refractivity contribution in [1.82, 2.24) is 25.1 Å². The zero-order valence-corrected chi connectivity index (χ0v) is 23.6. The third-order valence-electron chi connectivity index (χ3n) is 7.42. The number of aromatic nitrogens is 4. The van der Waals surface area contributed by atoms with Crippen molar-refractivity contribution in [2.45, 2.75) is 25.7 Å². The first-order valence-corrected chi connectivity index (χ1v) is 14.7. The lowest BCUT2D eigenvalue weighted by Gasteiger charge is -2.34. The Labute approximate surface area is 242 Å². The molecule has 0 atom stereocenters. The smallest absolute Gasteiger partial charge is 0.274 e. The van der Waals surface area contributed by atoms with E-state index in [2.05, 4.69) is 20.5 Å². The van der Waals surface area contributed by atoms with E-state index in [1.807, 2.05) is 71.3 Å². The summed E-state index contributed by atoms with van der Waals surface area (Å²) >= 11 is 1.56. The highest BCUT2D eigenvalue weighted by molar-refractivity contribution is 7.14. The molecule has 1 N–H and O–H groups in total. The zero-order valence-electron chi connectivity index (χ0n) is 22.8. The number of likely N-dealkylation sites (N-methyl/N-ethyl adjacent to an activating group) is 1. The van der Waals surface area contributed by atoms with Crippen molar-refractivity contribution in [2.75, 3.05) is 49.6 Å². The van der Waals surface area contributed by atoms with Crippen molar-refractivity contribution in [3.05, 3.63) is 71.4 Å². The second kappa shape index (κ2) is 12.1. The van der Waals surface area contributed by atoms with Crippen LogP contribution in [0.15, 0.2) is 60.7 Å². The molecule has 2 aromatic heterocycles. The zero-order chi connectivity index (χ0) is 28.2. The summed E-state index contributed by atoms with van der Waals surface area (Å²) in [6.45, 7) is 5.55. The summed E-state index contributed by atoms with van der Waals surface area (Å²) in [6, 6.07) is 18.8. The van der Waals surface area contributed by atoms with Crippen LogP contribution in [0.5, 0.6) is 0 Å². The largest absolute Gasteiger partial charge is 0.381 e. The molecule has 6 rings (SSSR count). The van der Waals surface area contributed by atoms with Gasteiger partial charge in [-0.05, 0) is 31.9 Å². The second-order valence-corrected chi connectivity index (χ2v) is 11.0. The van der Waals surface area contributed by atoms with Gasteiger partial charge in [-0.15, -0.1) is 10.2 Å².